The van der Waals surface area contributed by atoms with Gasteiger partial charge in [-0.3, -0.25) is 4.79 Å². The zero-order chi connectivity index (χ0) is 16.5. The molecule has 1 heterocycles. The molecule has 2 N–H and O–H groups in total. The molecule has 4 heteroatoms. The molecule has 1 aliphatic rings. The van der Waals surface area contributed by atoms with Crippen molar-refractivity contribution in [2.24, 2.45) is 0 Å². The van der Waals surface area contributed by atoms with E-state index in [1.807, 2.05) is 36.4 Å². The van der Waals surface area contributed by atoms with Gasteiger partial charge in [0.25, 0.3) is 5.91 Å². The van der Waals surface area contributed by atoms with Gasteiger partial charge in [-0.1, -0.05) is 66.2 Å². The maximum absolute atomic E-state index is 12.3. The van der Waals surface area contributed by atoms with Crippen molar-refractivity contribution in [1.29, 1.82) is 0 Å². The quantitative estimate of drug-likeness (QED) is 0.702. The van der Waals surface area contributed by atoms with Gasteiger partial charge in [-0.25, -0.2) is 0 Å². The number of fused-ring (bicyclic) bond motifs is 1. The highest BCUT2D eigenvalue weighted by Gasteiger charge is 2.24. The van der Waals surface area contributed by atoms with Gasteiger partial charge in [-0.2, -0.15) is 0 Å². The standard InChI is InChI=1S/C20H15ClN2O/c21-16-10-11-18-17(12-16)20(24)23-19(22-18)15-8-6-14(7-9-15)13-4-2-1-3-5-13/h1-12,19,22H,(H,23,24)/t19-/m0/s1. The lowest BCUT2D eigenvalue weighted by Crippen LogP contribution is -2.38. The molecule has 1 aliphatic heterocycles. The molecule has 0 fully saturated rings. The van der Waals surface area contributed by atoms with Gasteiger partial charge in [-0.05, 0) is 34.9 Å². The summed E-state index contributed by atoms with van der Waals surface area (Å²) >= 11 is 5.96. The van der Waals surface area contributed by atoms with E-state index in [0.29, 0.717) is 10.6 Å². The van der Waals surface area contributed by atoms with Crippen LogP contribution >= 0.6 is 11.6 Å². The molecule has 118 valence electrons. The van der Waals surface area contributed by atoms with Crippen LogP contribution in [-0.4, -0.2) is 5.91 Å². The first-order chi connectivity index (χ1) is 11.7. The van der Waals surface area contributed by atoms with E-state index in [1.54, 1.807) is 12.1 Å². The summed E-state index contributed by atoms with van der Waals surface area (Å²) in [7, 11) is 0. The highest BCUT2D eigenvalue weighted by atomic mass is 35.5. The maximum atomic E-state index is 12.3. The summed E-state index contributed by atoms with van der Waals surface area (Å²) in [5, 5.41) is 6.86. The minimum Gasteiger partial charge on any atom is -0.361 e. The minimum atomic E-state index is -0.254. The van der Waals surface area contributed by atoms with Crippen LogP contribution in [0.4, 0.5) is 5.69 Å². The molecule has 0 saturated carbocycles. The number of carbonyl (C=O) groups excluding carboxylic acids is 1. The fraction of sp³-hybridized carbons (Fsp3) is 0.0500. The van der Waals surface area contributed by atoms with E-state index in [1.165, 1.54) is 5.56 Å². The van der Waals surface area contributed by atoms with Gasteiger partial charge in [0.15, 0.2) is 0 Å². The number of hydrogen-bond donors (Lipinski definition) is 2. The fourth-order valence-corrected chi connectivity index (χ4v) is 3.07. The van der Waals surface area contributed by atoms with Crippen molar-refractivity contribution >= 4 is 23.2 Å². The Morgan fingerprint density at radius 3 is 2.25 bits per heavy atom. The summed E-state index contributed by atoms with van der Waals surface area (Å²) < 4.78 is 0. The number of nitrogens with one attached hydrogen (secondary N) is 2. The fourth-order valence-electron chi connectivity index (χ4n) is 2.90. The summed E-state index contributed by atoms with van der Waals surface area (Å²) in [6.07, 6.45) is -0.254. The van der Waals surface area contributed by atoms with Gasteiger partial charge < -0.3 is 10.6 Å². The molecule has 0 unspecified atom stereocenters. The van der Waals surface area contributed by atoms with Crippen molar-refractivity contribution in [2.75, 3.05) is 5.32 Å². The summed E-state index contributed by atoms with van der Waals surface area (Å²) in [5.41, 5.74) is 4.68. The highest BCUT2D eigenvalue weighted by molar-refractivity contribution is 6.31. The van der Waals surface area contributed by atoms with Gasteiger partial charge >= 0.3 is 0 Å². The molecule has 0 bridgehead atoms. The number of rotatable bonds is 2. The van der Waals surface area contributed by atoms with E-state index in [4.69, 9.17) is 11.6 Å². The molecule has 0 spiro atoms. The van der Waals surface area contributed by atoms with Crippen LogP contribution < -0.4 is 10.6 Å². The van der Waals surface area contributed by atoms with Gasteiger partial charge in [0.1, 0.15) is 6.17 Å². The van der Waals surface area contributed by atoms with Crippen LogP contribution in [0.1, 0.15) is 22.1 Å². The van der Waals surface area contributed by atoms with E-state index < -0.39 is 0 Å². The van der Waals surface area contributed by atoms with Crippen molar-refractivity contribution in [3.63, 3.8) is 0 Å². The maximum Gasteiger partial charge on any atom is 0.255 e. The summed E-state index contributed by atoms with van der Waals surface area (Å²) in [6.45, 7) is 0. The van der Waals surface area contributed by atoms with Crippen LogP contribution in [-0.2, 0) is 0 Å². The predicted octanol–water partition coefficient (Wildman–Crippen LogP) is 4.86. The molecule has 0 radical (unpaired) electrons. The molecular formula is C20H15ClN2O. The topological polar surface area (TPSA) is 41.1 Å². The van der Waals surface area contributed by atoms with Crippen molar-refractivity contribution in [3.05, 3.63) is 88.9 Å². The Hall–Kier alpha value is -2.78. The predicted molar refractivity (Wildman–Crippen MR) is 97.2 cm³/mol. The van der Waals surface area contributed by atoms with E-state index in [2.05, 4.69) is 34.9 Å². The molecule has 0 aliphatic carbocycles. The summed E-state index contributed by atoms with van der Waals surface area (Å²) in [5.74, 6) is -0.122. The second-order valence-electron chi connectivity index (χ2n) is 5.73. The number of carbonyl (C=O) groups is 1. The molecule has 0 aromatic heterocycles. The third-order valence-corrected chi connectivity index (χ3v) is 4.39. The zero-order valence-corrected chi connectivity index (χ0v) is 13.5. The van der Waals surface area contributed by atoms with Crippen LogP contribution in [0.25, 0.3) is 11.1 Å². The molecule has 1 atom stereocenters. The molecule has 0 saturated heterocycles. The van der Waals surface area contributed by atoms with Gasteiger partial charge in [-0.15, -0.1) is 0 Å². The SMILES string of the molecule is O=C1N[C@@H](c2ccc(-c3ccccc3)cc2)Nc2ccc(Cl)cc21. The number of benzene rings is 3. The average Bonchev–Trinajstić information content (AvgIpc) is 2.63. The van der Waals surface area contributed by atoms with Crippen molar-refractivity contribution in [1.82, 2.24) is 5.32 Å². The average molecular weight is 335 g/mol. The lowest BCUT2D eigenvalue weighted by Gasteiger charge is -2.28. The Labute approximate surface area is 145 Å². The first kappa shape index (κ1) is 14.8. The molecule has 3 aromatic rings. The van der Waals surface area contributed by atoms with Crippen LogP contribution in [0, 0.1) is 0 Å². The second-order valence-corrected chi connectivity index (χ2v) is 6.17. The Kier molecular flexibility index (Phi) is 3.71. The van der Waals surface area contributed by atoms with Crippen molar-refractivity contribution in [3.8, 4) is 11.1 Å². The van der Waals surface area contributed by atoms with Crippen LogP contribution in [0.2, 0.25) is 5.02 Å². The monoisotopic (exact) mass is 334 g/mol. The first-order valence-electron chi connectivity index (χ1n) is 7.73. The lowest BCUT2D eigenvalue weighted by molar-refractivity contribution is 0.0935. The number of hydrogen-bond acceptors (Lipinski definition) is 2. The smallest absolute Gasteiger partial charge is 0.255 e. The van der Waals surface area contributed by atoms with Gasteiger partial charge in [0.2, 0.25) is 0 Å². The van der Waals surface area contributed by atoms with Crippen LogP contribution in [0.15, 0.2) is 72.8 Å². The van der Waals surface area contributed by atoms with Crippen LogP contribution in [0.3, 0.4) is 0 Å². The summed E-state index contributed by atoms with van der Waals surface area (Å²) in [4.78, 5) is 12.3. The molecular weight excluding hydrogens is 320 g/mol. The Morgan fingerprint density at radius 1 is 0.792 bits per heavy atom. The molecule has 24 heavy (non-hydrogen) atoms. The minimum absolute atomic E-state index is 0.122. The van der Waals surface area contributed by atoms with Crippen molar-refractivity contribution in [2.45, 2.75) is 6.17 Å². The summed E-state index contributed by atoms with van der Waals surface area (Å²) in [6, 6.07) is 23.7. The lowest BCUT2D eigenvalue weighted by atomic mass is 10.0. The third kappa shape index (κ3) is 2.74. The second kappa shape index (κ2) is 6.02. The molecule has 1 amide bonds. The van der Waals surface area contributed by atoms with E-state index in [9.17, 15) is 4.79 Å². The van der Waals surface area contributed by atoms with Crippen molar-refractivity contribution < 1.29 is 4.79 Å². The van der Waals surface area contributed by atoms with E-state index in [-0.39, 0.29) is 12.1 Å². The van der Waals surface area contributed by atoms with Gasteiger partial charge in [0, 0.05) is 10.7 Å². The van der Waals surface area contributed by atoms with E-state index >= 15 is 0 Å². The van der Waals surface area contributed by atoms with Crippen LogP contribution in [0.5, 0.6) is 0 Å². The Morgan fingerprint density at radius 2 is 1.50 bits per heavy atom. The molecule has 3 nitrogen and oxygen atoms in total. The third-order valence-electron chi connectivity index (χ3n) is 4.15. The number of halogens is 1. The van der Waals surface area contributed by atoms with E-state index in [0.717, 1.165) is 16.8 Å². The molecule has 4 rings (SSSR count). The normalized spacial score (nSPS) is 16.0. The number of amides is 1. The zero-order valence-electron chi connectivity index (χ0n) is 12.8. The highest BCUT2D eigenvalue weighted by Crippen LogP contribution is 2.29. The Bertz CT molecular complexity index is 891. The number of anilines is 1. The Balaban J connectivity index is 1.61. The largest absolute Gasteiger partial charge is 0.361 e. The first-order valence-corrected chi connectivity index (χ1v) is 8.11. The molecule has 3 aromatic carbocycles. The van der Waals surface area contributed by atoms with Gasteiger partial charge in [0.05, 0.1) is 5.56 Å².